The van der Waals surface area contributed by atoms with Gasteiger partial charge in [0.05, 0.1) is 6.04 Å². The average Bonchev–Trinajstić information content (AvgIpc) is 3.69. The number of hydrogen-bond donors (Lipinski definition) is 0. The molecule has 0 aromatic heterocycles. The van der Waals surface area contributed by atoms with Crippen LogP contribution < -0.4 is 15.9 Å². The SMILES string of the molecule is CC(C)[C@H]1COC(c2cccc3c2C2(CC3)CCc3cccc(P(c4ccccc4)c4ccccc4)c32)=N1. The van der Waals surface area contributed by atoms with Crippen LogP contribution in [0.15, 0.2) is 102 Å². The van der Waals surface area contributed by atoms with Crippen LogP contribution in [0, 0.1) is 5.92 Å². The highest BCUT2D eigenvalue weighted by Crippen LogP contribution is 2.55. The van der Waals surface area contributed by atoms with Crippen LogP contribution in [0.5, 0.6) is 0 Å². The summed E-state index contributed by atoms with van der Waals surface area (Å²) in [4.78, 5) is 5.10. The first-order valence-corrected chi connectivity index (χ1v) is 15.4. The lowest BCUT2D eigenvalue weighted by Gasteiger charge is -2.33. The third kappa shape index (κ3) is 3.76. The van der Waals surface area contributed by atoms with E-state index in [9.17, 15) is 0 Å². The van der Waals surface area contributed by atoms with E-state index in [0.717, 1.165) is 31.6 Å². The summed E-state index contributed by atoms with van der Waals surface area (Å²) < 4.78 is 6.30. The second-order valence-corrected chi connectivity index (χ2v) is 13.5. The molecule has 3 aliphatic rings. The van der Waals surface area contributed by atoms with Gasteiger partial charge in [0, 0.05) is 11.0 Å². The summed E-state index contributed by atoms with van der Waals surface area (Å²) in [6.07, 6.45) is 4.58. The van der Waals surface area contributed by atoms with Gasteiger partial charge >= 0.3 is 0 Å². The number of aliphatic imine (C=N–C) groups is 1. The van der Waals surface area contributed by atoms with Crippen LogP contribution in [-0.4, -0.2) is 18.5 Å². The molecule has 7 rings (SSSR count). The molecule has 4 aromatic carbocycles. The van der Waals surface area contributed by atoms with Gasteiger partial charge in [-0.05, 0) is 83.8 Å². The highest BCUT2D eigenvalue weighted by molar-refractivity contribution is 7.79. The fourth-order valence-electron chi connectivity index (χ4n) is 6.99. The number of hydrogen-bond acceptors (Lipinski definition) is 2. The van der Waals surface area contributed by atoms with Gasteiger partial charge in [-0.15, -0.1) is 0 Å². The second kappa shape index (κ2) is 9.51. The molecule has 0 N–H and O–H groups in total. The molecular formula is C35H34NOP. The third-order valence-corrected chi connectivity index (χ3v) is 11.3. The van der Waals surface area contributed by atoms with Crippen molar-refractivity contribution in [1.82, 2.24) is 0 Å². The molecule has 2 aliphatic carbocycles. The van der Waals surface area contributed by atoms with Crippen molar-refractivity contribution in [2.45, 2.75) is 51.0 Å². The molecule has 3 heteroatoms. The molecule has 190 valence electrons. The van der Waals surface area contributed by atoms with E-state index in [1.807, 2.05) is 0 Å². The zero-order chi connectivity index (χ0) is 25.7. The molecule has 1 unspecified atom stereocenters. The topological polar surface area (TPSA) is 21.6 Å². The normalized spacial score (nSPS) is 21.6. The van der Waals surface area contributed by atoms with E-state index in [1.165, 1.54) is 38.2 Å². The standard InChI is InChI=1S/C35H34NOP/c1-24(2)30-23-37-34(36-30)29-17-9-11-25-19-21-35(32(25)29)22-20-26-12-10-18-31(33(26)35)38(27-13-5-3-6-14-27)28-15-7-4-8-16-28/h3-18,24,30H,19-23H2,1-2H3/t30-,35?/m1/s1. The molecule has 1 spiro atoms. The van der Waals surface area contributed by atoms with Crippen molar-refractivity contribution in [2.24, 2.45) is 10.9 Å². The largest absolute Gasteiger partial charge is 0.475 e. The van der Waals surface area contributed by atoms with Crippen LogP contribution in [0.25, 0.3) is 0 Å². The molecule has 0 bridgehead atoms. The van der Waals surface area contributed by atoms with Crippen molar-refractivity contribution in [1.29, 1.82) is 0 Å². The van der Waals surface area contributed by atoms with Crippen molar-refractivity contribution in [3.05, 3.63) is 125 Å². The third-order valence-electron chi connectivity index (χ3n) is 8.82. The number of benzene rings is 4. The first-order valence-electron chi connectivity index (χ1n) is 14.0. The van der Waals surface area contributed by atoms with E-state index >= 15 is 0 Å². The summed E-state index contributed by atoms with van der Waals surface area (Å²) in [5.74, 6) is 1.35. The van der Waals surface area contributed by atoms with Gasteiger partial charge in [0.25, 0.3) is 0 Å². The van der Waals surface area contributed by atoms with Gasteiger partial charge in [-0.3, -0.25) is 0 Å². The van der Waals surface area contributed by atoms with Crippen molar-refractivity contribution in [3.8, 4) is 0 Å². The first-order chi connectivity index (χ1) is 18.7. The maximum absolute atomic E-state index is 6.30. The first kappa shape index (κ1) is 23.9. The lowest BCUT2D eigenvalue weighted by atomic mass is 9.74. The molecule has 0 radical (unpaired) electrons. The molecule has 2 nitrogen and oxygen atoms in total. The minimum Gasteiger partial charge on any atom is -0.475 e. The average molecular weight is 516 g/mol. The predicted molar refractivity (Wildman–Crippen MR) is 160 cm³/mol. The summed E-state index contributed by atoms with van der Waals surface area (Å²) >= 11 is 0. The van der Waals surface area contributed by atoms with Gasteiger partial charge < -0.3 is 4.74 Å². The lowest BCUT2D eigenvalue weighted by molar-refractivity contribution is 0.291. The van der Waals surface area contributed by atoms with Crippen molar-refractivity contribution in [2.75, 3.05) is 6.61 Å². The Bertz CT molecular complexity index is 1470. The molecule has 2 atom stereocenters. The molecule has 0 saturated carbocycles. The van der Waals surface area contributed by atoms with Crippen LogP contribution in [0.1, 0.15) is 54.5 Å². The lowest BCUT2D eigenvalue weighted by Crippen LogP contribution is -2.32. The minimum absolute atomic E-state index is 0.0177. The van der Waals surface area contributed by atoms with Crippen molar-refractivity contribution in [3.63, 3.8) is 0 Å². The van der Waals surface area contributed by atoms with Crippen molar-refractivity contribution < 1.29 is 4.74 Å². The van der Waals surface area contributed by atoms with Gasteiger partial charge in [0.2, 0.25) is 5.90 Å². The zero-order valence-corrected chi connectivity index (χ0v) is 23.1. The van der Waals surface area contributed by atoms with Gasteiger partial charge in [0.15, 0.2) is 0 Å². The molecule has 1 heterocycles. The Morgan fingerprint density at radius 2 is 1.34 bits per heavy atom. The predicted octanol–water partition coefficient (Wildman–Crippen LogP) is 6.42. The Morgan fingerprint density at radius 3 is 1.95 bits per heavy atom. The van der Waals surface area contributed by atoms with Gasteiger partial charge in [0.1, 0.15) is 6.61 Å². The van der Waals surface area contributed by atoms with Gasteiger partial charge in [-0.2, -0.15) is 0 Å². The quantitative estimate of drug-likeness (QED) is 0.281. The van der Waals surface area contributed by atoms with Crippen LogP contribution >= 0.6 is 7.92 Å². The highest BCUT2D eigenvalue weighted by atomic mass is 31.1. The van der Waals surface area contributed by atoms with Gasteiger partial charge in [-0.25, -0.2) is 4.99 Å². The number of aryl methyl sites for hydroxylation is 2. The minimum atomic E-state index is -0.677. The molecular weight excluding hydrogens is 481 g/mol. The molecule has 0 amide bonds. The molecule has 4 aromatic rings. The van der Waals surface area contributed by atoms with Gasteiger partial charge in [-0.1, -0.05) is 105 Å². The maximum Gasteiger partial charge on any atom is 0.216 e. The van der Waals surface area contributed by atoms with E-state index in [4.69, 9.17) is 9.73 Å². The van der Waals surface area contributed by atoms with E-state index in [1.54, 1.807) is 5.56 Å². The fraction of sp³-hybridized carbons (Fsp3) is 0.286. The number of fused-ring (bicyclic) bond motifs is 4. The van der Waals surface area contributed by atoms with E-state index in [-0.39, 0.29) is 11.5 Å². The summed E-state index contributed by atoms with van der Waals surface area (Å²) in [7, 11) is -0.677. The summed E-state index contributed by atoms with van der Waals surface area (Å²) in [5.41, 5.74) is 7.33. The van der Waals surface area contributed by atoms with Crippen LogP contribution in [0.3, 0.4) is 0 Å². The van der Waals surface area contributed by atoms with E-state index < -0.39 is 7.92 Å². The Kier molecular flexibility index (Phi) is 5.97. The Balaban J connectivity index is 1.44. The Hall–Kier alpha value is -3.22. The van der Waals surface area contributed by atoms with E-state index in [0.29, 0.717) is 12.5 Å². The smallest absolute Gasteiger partial charge is 0.216 e. The van der Waals surface area contributed by atoms with Crippen molar-refractivity contribution >= 4 is 29.7 Å². The number of rotatable bonds is 5. The number of nitrogens with zero attached hydrogens (tertiary/aromatic N) is 1. The summed E-state index contributed by atoms with van der Waals surface area (Å²) in [6, 6.07) is 36.5. The van der Waals surface area contributed by atoms with Crippen LogP contribution in [0.4, 0.5) is 0 Å². The van der Waals surface area contributed by atoms with Crippen LogP contribution in [-0.2, 0) is 23.0 Å². The number of ether oxygens (including phenoxy) is 1. The molecule has 38 heavy (non-hydrogen) atoms. The molecule has 1 aliphatic heterocycles. The molecule has 0 saturated heterocycles. The Labute approximate surface area is 227 Å². The van der Waals surface area contributed by atoms with E-state index in [2.05, 4.69) is 111 Å². The maximum atomic E-state index is 6.30. The van der Waals surface area contributed by atoms with Crippen LogP contribution in [0.2, 0.25) is 0 Å². The summed E-state index contributed by atoms with van der Waals surface area (Å²) in [5, 5.41) is 4.35. The highest BCUT2D eigenvalue weighted by Gasteiger charge is 2.49. The summed E-state index contributed by atoms with van der Waals surface area (Å²) in [6.45, 7) is 5.18. The Morgan fingerprint density at radius 1 is 0.737 bits per heavy atom. The molecule has 0 fully saturated rings. The second-order valence-electron chi connectivity index (χ2n) is 11.3. The zero-order valence-electron chi connectivity index (χ0n) is 22.2. The fourth-order valence-corrected chi connectivity index (χ4v) is 9.60. The monoisotopic (exact) mass is 515 g/mol.